The standard InChI is InChI=1S/C14H19FN6O6S2/c1-20(2)29(24,25)21-9-16-14(18-21)28(22,23)17-8-12(19-27-4)10-5-6-13(26-3)11(15)7-10/h5-7,9,17H,8H2,1-4H3/b19-12+. The van der Waals surface area contributed by atoms with E-state index in [1.807, 2.05) is 0 Å². The number of nitrogens with zero attached hydrogens (tertiary/aromatic N) is 5. The minimum Gasteiger partial charge on any atom is -0.494 e. The van der Waals surface area contributed by atoms with Gasteiger partial charge in [0.2, 0.25) is 0 Å². The first kappa shape index (κ1) is 22.7. The molecule has 29 heavy (non-hydrogen) atoms. The summed E-state index contributed by atoms with van der Waals surface area (Å²) in [4.78, 5) is 8.20. The molecule has 0 saturated heterocycles. The second-order valence-electron chi connectivity index (χ2n) is 5.58. The summed E-state index contributed by atoms with van der Waals surface area (Å²) in [6, 6.07) is 3.91. The Morgan fingerprint density at radius 1 is 1.28 bits per heavy atom. The van der Waals surface area contributed by atoms with E-state index in [0.717, 1.165) is 16.7 Å². The average Bonchev–Trinajstić information content (AvgIpc) is 3.17. The van der Waals surface area contributed by atoms with E-state index in [0.29, 0.717) is 4.09 Å². The van der Waals surface area contributed by atoms with Crippen LogP contribution in [-0.2, 0) is 25.1 Å². The van der Waals surface area contributed by atoms with Crippen LogP contribution in [0.5, 0.6) is 5.75 Å². The normalized spacial score (nSPS) is 13.0. The van der Waals surface area contributed by atoms with E-state index >= 15 is 0 Å². The topological polar surface area (TPSA) is 145 Å². The molecule has 12 nitrogen and oxygen atoms in total. The SMILES string of the molecule is CO/N=C(\CNS(=O)(=O)c1ncn(S(=O)(=O)N(C)C)n1)c1ccc(OC)c(F)c1. The molecule has 15 heteroatoms. The highest BCUT2D eigenvalue weighted by molar-refractivity contribution is 7.89. The summed E-state index contributed by atoms with van der Waals surface area (Å²) in [6.45, 7) is -0.406. The van der Waals surface area contributed by atoms with Crippen LogP contribution in [0.2, 0.25) is 0 Å². The van der Waals surface area contributed by atoms with Gasteiger partial charge in [0.25, 0.3) is 15.2 Å². The van der Waals surface area contributed by atoms with Crippen molar-refractivity contribution in [1.82, 2.24) is 23.2 Å². The lowest BCUT2D eigenvalue weighted by molar-refractivity contribution is 0.213. The Morgan fingerprint density at radius 3 is 2.52 bits per heavy atom. The predicted octanol–water partition coefficient (Wildman–Crippen LogP) is -0.591. The number of benzene rings is 1. The van der Waals surface area contributed by atoms with Crippen LogP contribution in [0.15, 0.2) is 34.8 Å². The monoisotopic (exact) mass is 450 g/mol. The Bertz CT molecular complexity index is 1110. The number of hydrogen-bond acceptors (Lipinski definition) is 9. The Labute approximate surface area is 167 Å². The molecule has 0 radical (unpaired) electrons. The number of oxime groups is 1. The van der Waals surface area contributed by atoms with Gasteiger partial charge in [-0.1, -0.05) is 5.16 Å². The molecule has 2 aromatic rings. The molecule has 0 aliphatic heterocycles. The van der Waals surface area contributed by atoms with Gasteiger partial charge in [-0.15, -0.1) is 9.19 Å². The van der Waals surface area contributed by atoms with Crippen LogP contribution in [0.4, 0.5) is 4.39 Å². The fourth-order valence-electron chi connectivity index (χ4n) is 2.01. The van der Waals surface area contributed by atoms with Gasteiger partial charge in [-0.05, 0) is 18.2 Å². The van der Waals surface area contributed by atoms with E-state index in [1.165, 1.54) is 40.4 Å². The summed E-state index contributed by atoms with van der Waals surface area (Å²) in [5, 5.41) is 6.41. The Hall–Kier alpha value is -2.62. The molecule has 0 amide bonds. The molecule has 0 unspecified atom stereocenters. The van der Waals surface area contributed by atoms with Crippen LogP contribution >= 0.6 is 0 Å². The number of nitrogens with one attached hydrogen (secondary N) is 1. The van der Waals surface area contributed by atoms with E-state index in [-0.39, 0.29) is 17.0 Å². The molecule has 0 atom stereocenters. The van der Waals surface area contributed by atoms with Crippen LogP contribution in [0.1, 0.15) is 5.56 Å². The smallest absolute Gasteiger partial charge is 0.323 e. The van der Waals surface area contributed by atoms with Gasteiger partial charge < -0.3 is 9.57 Å². The third kappa shape index (κ3) is 5.06. The number of hydrogen-bond donors (Lipinski definition) is 1. The zero-order valence-electron chi connectivity index (χ0n) is 15.9. The number of rotatable bonds is 9. The molecule has 0 aliphatic rings. The maximum atomic E-state index is 13.9. The van der Waals surface area contributed by atoms with E-state index in [9.17, 15) is 21.2 Å². The van der Waals surface area contributed by atoms with Gasteiger partial charge in [0, 0.05) is 19.7 Å². The molecule has 0 spiro atoms. The highest BCUT2D eigenvalue weighted by Crippen LogP contribution is 2.18. The second kappa shape index (κ2) is 8.81. The maximum Gasteiger partial charge on any atom is 0.323 e. The number of aromatic nitrogens is 3. The lowest BCUT2D eigenvalue weighted by atomic mass is 10.1. The average molecular weight is 450 g/mol. The Morgan fingerprint density at radius 2 is 1.97 bits per heavy atom. The van der Waals surface area contributed by atoms with Crippen molar-refractivity contribution >= 4 is 25.9 Å². The van der Waals surface area contributed by atoms with Crippen molar-refractivity contribution in [2.75, 3.05) is 34.9 Å². The van der Waals surface area contributed by atoms with Crippen molar-refractivity contribution in [3.63, 3.8) is 0 Å². The largest absolute Gasteiger partial charge is 0.494 e. The minimum absolute atomic E-state index is 0.00272. The zero-order valence-corrected chi connectivity index (χ0v) is 17.5. The third-order valence-corrected chi connectivity index (χ3v) is 6.27. The van der Waals surface area contributed by atoms with Crippen LogP contribution in [-0.4, -0.2) is 75.9 Å². The Balaban J connectivity index is 2.25. The molecule has 0 fully saturated rings. The summed E-state index contributed by atoms with van der Waals surface area (Å²) >= 11 is 0. The first-order valence-corrected chi connectivity index (χ1v) is 10.7. The molecule has 1 heterocycles. The van der Waals surface area contributed by atoms with Crippen LogP contribution in [0.25, 0.3) is 0 Å². The lowest BCUT2D eigenvalue weighted by Gasteiger charge is -2.10. The van der Waals surface area contributed by atoms with E-state index in [2.05, 4.69) is 24.8 Å². The Kier molecular flexibility index (Phi) is 6.89. The van der Waals surface area contributed by atoms with Crippen molar-refractivity contribution in [2.24, 2.45) is 5.16 Å². The number of sulfonamides is 1. The second-order valence-corrected chi connectivity index (χ2v) is 9.25. The predicted molar refractivity (Wildman–Crippen MR) is 99.7 cm³/mol. The summed E-state index contributed by atoms with van der Waals surface area (Å²) in [5.41, 5.74) is 0.291. The van der Waals surface area contributed by atoms with Crippen molar-refractivity contribution in [1.29, 1.82) is 0 Å². The molecular formula is C14H19FN6O6S2. The van der Waals surface area contributed by atoms with Gasteiger partial charge >= 0.3 is 10.2 Å². The van der Waals surface area contributed by atoms with Gasteiger partial charge in [0.05, 0.1) is 13.7 Å². The van der Waals surface area contributed by atoms with E-state index in [1.54, 1.807) is 0 Å². The van der Waals surface area contributed by atoms with Crippen LogP contribution in [0.3, 0.4) is 0 Å². The number of halogens is 1. The van der Waals surface area contributed by atoms with Crippen LogP contribution in [0, 0.1) is 5.82 Å². The molecule has 1 N–H and O–H groups in total. The lowest BCUT2D eigenvalue weighted by Crippen LogP contribution is -2.32. The fraction of sp³-hybridized carbons (Fsp3) is 0.357. The van der Waals surface area contributed by atoms with Crippen molar-refractivity contribution in [3.05, 3.63) is 35.9 Å². The molecule has 1 aromatic carbocycles. The summed E-state index contributed by atoms with van der Waals surface area (Å²) in [7, 11) is -3.27. The molecular weight excluding hydrogens is 431 g/mol. The minimum atomic E-state index is -4.30. The molecule has 1 aromatic heterocycles. The van der Waals surface area contributed by atoms with Crippen molar-refractivity contribution in [2.45, 2.75) is 5.16 Å². The highest BCUT2D eigenvalue weighted by Gasteiger charge is 2.25. The molecule has 160 valence electrons. The summed E-state index contributed by atoms with van der Waals surface area (Å²) in [5.74, 6) is -0.672. The van der Waals surface area contributed by atoms with Gasteiger partial charge in [0.1, 0.15) is 19.1 Å². The van der Waals surface area contributed by atoms with Crippen LogP contribution < -0.4 is 9.46 Å². The van der Waals surface area contributed by atoms with E-state index in [4.69, 9.17) is 4.74 Å². The number of ether oxygens (including phenoxy) is 1. The first-order valence-electron chi connectivity index (χ1n) is 7.81. The molecule has 0 saturated carbocycles. The summed E-state index contributed by atoms with van der Waals surface area (Å²) < 4.78 is 70.9. The van der Waals surface area contributed by atoms with Crippen molar-refractivity contribution in [3.8, 4) is 5.75 Å². The van der Waals surface area contributed by atoms with Gasteiger partial charge in [-0.3, -0.25) is 0 Å². The van der Waals surface area contributed by atoms with Gasteiger partial charge in [0.15, 0.2) is 11.6 Å². The van der Waals surface area contributed by atoms with E-state index < -0.39 is 37.8 Å². The first-order chi connectivity index (χ1) is 13.5. The maximum absolute atomic E-state index is 13.9. The van der Waals surface area contributed by atoms with Gasteiger partial charge in [-0.25, -0.2) is 22.5 Å². The zero-order chi connectivity index (χ0) is 21.8. The summed E-state index contributed by atoms with van der Waals surface area (Å²) in [6.07, 6.45) is 0.757. The van der Waals surface area contributed by atoms with Crippen molar-refractivity contribution < 1.29 is 30.8 Å². The quantitative estimate of drug-likeness (QED) is 0.394. The fourth-order valence-corrected chi connectivity index (χ4v) is 3.58. The molecule has 0 bridgehead atoms. The number of methoxy groups -OCH3 is 1. The molecule has 2 rings (SSSR count). The third-order valence-electron chi connectivity index (χ3n) is 3.51. The molecule has 0 aliphatic carbocycles. The van der Waals surface area contributed by atoms with Gasteiger partial charge in [-0.2, -0.15) is 12.7 Å². The highest BCUT2D eigenvalue weighted by atomic mass is 32.2.